The van der Waals surface area contributed by atoms with E-state index in [0.29, 0.717) is 26.1 Å². The summed E-state index contributed by atoms with van der Waals surface area (Å²) >= 11 is 0. The van der Waals surface area contributed by atoms with Crippen LogP contribution in [0.4, 0.5) is 4.79 Å². The molecular formula is C28H32N2O5. The third kappa shape index (κ3) is 4.51. The van der Waals surface area contributed by atoms with Crippen LogP contribution in [-0.4, -0.2) is 54.2 Å². The van der Waals surface area contributed by atoms with Crippen molar-refractivity contribution in [3.05, 3.63) is 59.7 Å². The van der Waals surface area contributed by atoms with E-state index in [9.17, 15) is 19.5 Å². The van der Waals surface area contributed by atoms with Crippen LogP contribution in [0.1, 0.15) is 49.7 Å². The van der Waals surface area contributed by atoms with Gasteiger partial charge in [-0.15, -0.1) is 0 Å². The molecule has 1 saturated heterocycles. The van der Waals surface area contributed by atoms with E-state index in [1.807, 2.05) is 31.2 Å². The highest BCUT2D eigenvalue weighted by Crippen LogP contribution is 2.56. The maximum atomic E-state index is 12.9. The Morgan fingerprint density at radius 2 is 1.71 bits per heavy atom. The number of carboxylic acids is 1. The Labute approximate surface area is 205 Å². The molecule has 184 valence electrons. The van der Waals surface area contributed by atoms with Crippen molar-refractivity contribution in [3.63, 3.8) is 0 Å². The molecule has 1 aliphatic heterocycles. The number of benzene rings is 2. The number of amides is 2. The van der Waals surface area contributed by atoms with Gasteiger partial charge in [-0.2, -0.15) is 0 Å². The number of ether oxygens (including phenoxy) is 1. The molecule has 3 aliphatic rings. The fourth-order valence-electron chi connectivity index (χ4n) is 5.78. The van der Waals surface area contributed by atoms with Crippen LogP contribution in [0.2, 0.25) is 0 Å². The van der Waals surface area contributed by atoms with Gasteiger partial charge in [-0.1, -0.05) is 61.9 Å². The van der Waals surface area contributed by atoms with Crippen molar-refractivity contribution in [2.75, 3.05) is 26.2 Å². The topological polar surface area (TPSA) is 95.9 Å². The summed E-state index contributed by atoms with van der Waals surface area (Å²) in [5, 5.41) is 12.3. The van der Waals surface area contributed by atoms with E-state index in [2.05, 4.69) is 29.6 Å². The summed E-state index contributed by atoms with van der Waals surface area (Å²) in [6.07, 6.45) is 2.31. The zero-order valence-electron chi connectivity index (χ0n) is 20.0. The quantitative estimate of drug-likeness (QED) is 0.593. The van der Waals surface area contributed by atoms with E-state index < -0.39 is 18.0 Å². The Balaban J connectivity index is 1.12. The zero-order chi connectivity index (χ0) is 24.6. The Morgan fingerprint density at radius 3 is 2.26 bits per heavy atom. The summed E-state index contributed by atoms with van der Waals surface area (Å²) in [7, 11) is 0. The Hall–Kier alpha value is -3.35. The molecule has 35 heavy (non-hydrogen) atoms. The van der Waals surface area contributed by atoms with Crippen LogP contribution >= 0.6 is 0 Å². The summed E-state index contributed by atoms with van der Waals surface area (Å²) in [6, 6.07) is 16.4. The molecule has 7 heteroatoms. The summed E-state index contributed by atoms with van der Waals surface area (Å²) in [5.74, 6) is -1.31. The number of hydrogen-bond donors (Lipinski definition) is 2. The number of carboxylic acid groups (broad SMARTS) is 1. The number of carbonyl (C=O) groups is 3. The van der Waals surface area contributed by atoms with Crippen LogP contribution in [-0.2, 0) is 14.3 Å². The second-order valence-electron chi connectivity index (χ2n) is 10.2. The maximum Gasteiger partial charge on any atom is 0.407 e. The first kappa shape index (κ1) is 23.4. The largest absolute Gasteiger partial charge is 0.481 e. The van der Waals surface area contributed by atoms with E-state index in [0.717, 1.165) is 30.4 Å². The molecule has 1 heterocycles. The Kier molecular flexibility index (Phi) is 6.26. The first-order valence-corrected chi connectivity index (χ1v) is 12.5. The standard InChI is InChI=1S/C28H32N2O5/c1-2-18(13-25(31)30-15-24(26(32)33)28(17-30)11-12-28)14-29-27(34)35-16-23-21-9-5-3-7-19(21)20-8-4-6-10-22(20)23/h3-10,18,23-24H,2,11-17H2,1H3,(H,29,34)(H,32,33). The molecule has 2 atom stereocenters. The van der Waals surface area contributed by atoms with Gasteiger partial charge in [0.05, 0.1) is 5.92 Å². The third-order valence-corrected chi connectivity index (χ3v) is 8.11. The van der Waals surface area contributed by atoms with E-state index in [1.54, 1.807) is 4.90 Å². The van der Waals surface area contributed by atoms with Crippen LogP contribution in [0.3, 0.4) is 0 Å². The molecule has 2 amide bonds. The van der Waals surface area contributed by atoms with Gasteiger partial charge < -0.3 is 20.1 Å². The molecular weight excluding hydrogens is 444 g/mol. The van der Waals surface area contributed by atoms with Gasteiger partial charge in [0.25, 0.3) is 0 Å². The van der Waals surface area contributed by atoms with Crippen molar-refractivity contribution in [1.82, 2.24) is 10.2 Å². The first-order valence-electron chi connectivity index (χ1n) is 12.5. The number of likely N-dealkylation sites (tertiary alicyclic amines) is 1. The van der Waals surface area contributed by atoms with Crippen molar-refractivity contribution in [1.29, 1.82) is 0 Å². The monoisotopic (exact) mass is 476 g/mol. The zero-order valence-corrected chi connectivity index (χ0v) is 20.0. The lowest BCUT2D eigenvalue weighted by molar-refractivity contribution is -0.143. The molecule has 2 aromatic carbocycles. The number of hydrogen-bond acceptors (Lipinski definition) is 4. The SMILES string of the molecule is CCC(CNC(=O)OCC1c2ccccc2-c2ccccc21)CC(=O)N1CC(C(=O)O)C2(CC2)C1. The van der Waals surface area contributed by atoms with E-state index >= 15 is 0 Å². The van der Waals surface area contributed by atoms with Gasteiger partial charge in [-0.25, -0.2) is 4.79 Å². The smallest absolute Gasteiger partial charge is 0.407 e. The van der Waals surface area contributed by atoms with Crippen LogP contribution in [0, 0.1) is 17.3 Å². The summed E-state index contributed by atoms with van der Waals surface area (Å²) in [6.45, 7) is 3.43. The average Bonchev–Trinajstić information content (AvgIpc) is 3.41. The van der Waals surface area contributed by atoms with Gasteiger partial charge in [0.2, 0.25) is 5.91 Å². The lowest BCUT2D eigenvalue weighted by Gasteiger charge is -2.21. The van der Waals surface area contributed by atoms with Gasteiger partial charge in [0.1, 0.15) is 6.61 Å². The van der Waals surface area contributed by atoms with Crippen LogP contribution in [0.15, 0.2) is 48.5 Å². The van der Waals surface area contributed by atoms with Gasteiger partial charge >= 0.3 is 12.1 Å². The van der Waals surface area contributed by atoms with Crippen LogP contribution < -0.4 is 5.32 Å². The summed E-state index contributed by atoms with van der Waals surface area (Å²) in [5.41, 5.74) is 4.49. The first-order chi connectivity index (χ1) is 16.9. The number of nitrogens with one attached hydrogen (secondary N) is 1. The van der Waals surface area contributed by atoms with Gasteiger partial charge in [0, 0.05) is 37.4 Å². The van der Waals surface area contributed by atoms with Crippen LogP contribution in [0.25, 0.3) is 11.1 Å². The predicted octanol–water partition coefficient (Wildman–Crippen LogP) is 4.26. The van der Waals surface area contributed by atoms with Crippen LogP contribution in [0.5, 0.6) is 0 Å². The molecule has 5 rings (SSSR count). The molecule has 2 N–H and O–H groups in total. The number of fused-ring (bicyclic) bond motifs is 3. The molecule has 2 unspecified atom stereocenters. The van der Waals surface area contributed by atoms with Crippen molar-refractivity contribution < 1.29 is 24.2 Å². The number of carbonyl (C=O) groups excluding carboxylic acids is 2. The average molecular weight is 477 g/mol. The number of nitrogens with zero attached hydrogens (tertiary/aromatic N) is 1. The molecule has 1 spiro atoms. The lowest BCUT2D eigenvalue weighted by atomic mass is 9.93. The van der Waals surface area contributed by atoms with Gasteiger partial charge in [0.15, 0.2) is 0 Å². The second-order valence-corrected chi connectivity index (χ2v) is 10.2. The van der Waals surface area contributed by atoms with Gasteiger partial charge in [-0.05, 0) is 41.0 Å². The maximum absolute atomic E-state index is 12.9. The van der Waals surface area contributed by atoms with Crippen molar-refractivity contribution in [2.45, 2.75) is 38.5 Å². The fraction of sp³-hybridized carbons (Fsp3) is 0.464. The lowest BCUT2D eigenvalue weighted by Crippen LogP contribution is -2.35. The number of aliphatic carboxylic acids is 1. The minimum Gasteiger partial charge on any atom is -0.481 e. The molecule has 2 aromatic rings. The molecule has 1 saturated carbocycles. The predicted molar refractivity (Wildman–Crippen MR) is 131 cm³/mol. The van der Waals surface area contributed by atoms with Crippen molar-refractivity contribution in [2.24, 2.45) is 17.3 Å². The minimum absolute atomic E-state index is 0.00351. The van der Waals surface area contributed by atoms with E-state index in [-0.39, 0.29) is 29.8 Å². The minimum atomic E-state index is -0.804. The Morgan fingerprint density at radius 1 is 1.09 bits per heavy atom. The molecule has 7 nitrogen and oxygen atoms in total. The number of alkyl carbamates (subject to hydrolysis) is 1. The van der Waals surface area contributed by atoms with Crippen molar-refractivity contribution in [3.8, 4) is 11.1 Å². The molecule has 0 bridgehead atoms. The van der Waals surface area contributed by atoms with Gasteiger partial charge in [-0.3, -0.25) is 9.59 Å². The molecule has 0 radical (unpaired) electrons. The molecule has 2 fully saturated rings. The fourth-order valence-corrected chi connectivity index (χ4v) is 5.78. The number of rotatable bonds is 8. The normalized spacial score (nSPS) is 20.3. The highest BCUT2D eigenvalue weighted by molar-refractivity contribution is 5.80. The summed E-state index contributed by atoms with van der Waals surface area (Å²) in [4.78, 5) is 38.7. The highest BCUT2D eigenvalue weighted by atomic mass is 16.5. The summed E-state index contributed by atoms with van der Waals surface area (Å²) < 4.78 is 5.60. The molecule has 2 aliphatic carbocycles. The third-order valence-electron chi connectivity index (χ3n) is 8.11. The molecule has 0 aromatic heterocycles. The second kappa shape index (κ2) is 9.36. The highest BCUT2D eigenvalue weighted by Gasteiger charge is 2.58. The van der Waals surface area contributed by atoms with E-state index in [1.165, 1.54) is 11.1 Å². The van der Waals surface area contributed by atoms with Crippen molar-refractivity contribution >= 4 is 18.0 Å². The Bertz CT molecular complexity index is 1100. The van der Waals surface area contributed by atoms with E-state index in [4.69, 9.17) is 4.74 Å².